The SMILES string of the molecule is Cc1ccnc2c1ccn2C1CC(Oc2ccc(Cl)c3c2CNCC3)[C@@H](O)[C@H]1O. The summed E-state index contributed by atoms with van der Waals surface area (Å²) in [5.41, 5.74) is 4.09. The number of aromatic nitrogens is 2. The highest BCUT2D eigenvalue weighted by molar-refractivity contribution is 6.31. The molecule has 3 aromatic rings. The summed E-state index contributed by atoms with van der Waals surface area (Å²) in [4.78, 5) is 4.49. The van der Waals surface area contributed by atoms with Crippen LogP contribution in [0.4, 0.5) is 0 Å². The molecule has 1 aliphatic carbocycles. The predicted octanol–water partition coefficient (Wildman–Crippen LogP) is 2.76. The maximum Gasteiger partial charge on any atom is 0.140 e. The minimum Gasteiger partial charge on any atom is -0.487 e. The third kappa shape index (κ3) is 3.11. The summed E-state index contributed by atoms with van der Waals surface area (Å²) in [6.07, 6.45) is 2.62. The van der Waals surface area contributed by atoms with E-state index in [0.717, 1.165) is 51.5 Å². The first-order valence-electron chi connectivity index (χ1n) is 10.0. The van der Waals surface area contributed by atoms with Gasteiger partial charge in [0.25, 0.3) is 0 Å². The van der Waals surface area contributed by atoms with E-state index in [-0.39, 0.29) is 6.04 Å². The molecule has 0 bridgehead atoms. The van der Waals surface area contributed by atoms with E-state index < -0.39 is 18.3 Å². The lowest BCUT2D eigenvalue weighted by molar-refractivity contribution is -0.0166. The molecular weight excluding hydrogens is 390 g/mol. The number of aryl methyl sites for hydroxylation is 1. The number of ether oxygens (including phenoxy) is 1. The summed E-state index contributed by atoms with van der Waals surface area (Å²) < 4.78 is 8.19. The summed E-state index contributed by atoms with van der Waals surface area (Å²) in [5, 5.41) is 26.6. The van der Waals surface area contributed by atoms with Crippen molar-refractivity contribution >= 4 is 22.6 Å². The average Bonchev–Trinajstić information content (AvgIpc) is 3.28. The Morgan fingerprint density at radius 3 is 2.90 bits per heavy atom. The lowest BCUT2D eigenvalue weighted by Crippen LogP contribution is -2.34. The van der Waals surface area contributed by atoms with E-state index in [0.29, 0.717) is 13.0 Å². The van der Waals surface area contributed by atoms with Crippen molar-refractivity contribution in [2.75, 3.05) is 6.54 Å². The molecule has 0 radical (unpaired) electrons. The van der Waals surface area contributed by atoms with Gasteiger partial charge in [0.1, 0.15) is 29.7 Å². The predicted molar refractivity (Wildman–Crippen MR) is 111 cm³/mol. The van der Waals surface area contributed by atoms with Crippen molar-refractivity contribution in [3.8, 4) is 5.75 Å². The summed E-state index contributed by atoms with van der Waals surface area (Å²) in [6, 6.07) is 7.38. The molecule has 1 saturated carbocycles. The molecule has 3 N–H and O–H groups in total. The Morgan fingerprint density at radius 2 is 2.03 bits per heavy atom. The zero-order valence-corrected chi connectivity index (χ0v) is 16.9. The first kappa shape index (κ1) is 18.9. The number of hydrogen-bond acceptors (Lipinski definition) is 5. The molecule has 152 valence electrons. The Bertz CT molecular complexity index is 1070. The second kappa shape index (κ2) is 7.29. The number of aliphatic hydroxyl groups excluding tert-OH is 2. The van der Waals surface area contributed by atoms with Gasteiger partial charge >= 0.3 is 0 Å². The third-order valence-electron chi connectivity index (χ3n) is 6.25. The molecule has 2 aromatic heterocycles. The Labute approximate surface area is 174 Å². The number of benzene rings is 1. The minimum absolute atomic E-state index is 0.303. The fourth-order valence-electron chi connectivity index (χ4n) is 4.63. The molecule has 6 nitrogen and oxygen atoms in total. The molecule has 1 aromatic carbocycles. The van der Waals surface area contributed by atoms with E-state index in [1.54, 1.807) is 6.20 Å². The normalized spacial score (nSPS) is 26.6. The molecule has 5 rings (SSSR count). The van der Waals surface area contributed by atoms with Crippen molar-refractivity contribution < 1.29 is 14.9 Å². The molecule has 0 saturated heterocycles. The quantitative estimate of drug-likeness (QED) is 0.615. The summed E-state index contributed by atoms with van der Waals surface area (Å²) in [7, 11) is 0. The average molecular weight is 414 g/mol. The highest BCUT2D eigenvalue weighted by Gasteiger charge is 2.44. The molecule has 2 aliphatic rings. The van der Waals surface area contributed by atoms with Crippen molar-refractivity contribution in [3.05, 3.63) is 58.4 Å². The third-order valence-corrected chi connectivity index (χ3v) is 6.61. The van der Waals surface area contributed by atoms with Gasteiger partial charge in [0.15, 0.2) is 0 Å². The van der Waals surface area contributed by atoms with Crippen LogP contribution in [0.1, 0.15) is 29.2 Å². The number of aliphatic hydroxyl groups is 2. The minimum atomic E-state index is -0.981. The van der Waals surface area contributed by atoms with Crippen LogP contribution in [0.5, 0.6) is 5.75 Å². The second-order valence-electron chi connectivity index (χ2n) is 7.96. The van der Waals surface area contributed by atoms with Gasteiger partial charge in [-0.1, -0.05) is 11.6 Å². The van der Waals surface area contributed by atoms with Crippen molar-refractivity contribution in [2.45, 2.75) is 50.7 Å². The molecule has 0 amide bonds. The van der Waals surface area contributed by atoms with Crippen LogP contribution >= 0.6 is 11.6 Å². The van der Waals surface area contributed by atoms with Crippen molar-refractivity contribution in [1.82, 2.24) is 14.9 Å². The first-order chi connectivity index (χ1) is 14.0. The van der Waals surface area contributed by atoms with Gasteiger partial charge in [-0.25, -0.2) is 4.98 Å². The standard InChI is InChI=1S/C22H24ClN3O3/c1-12-4-8-25-22-13(12)6-9-26(22)17-10-19(21(28)20(17)27)29-18-3-2-16(23)14-5-7-24-11-15(14)18/h2-4,6,8-9,17,19-21,24,27-28H,5,7,10-11H2,1H3/t17?,19?,20-,21+/m0/s1. The van der Waals surface area contributed by atoms with E-state index >= 15 is 0 Å². The molecule has 7 heteroatoms. The van der Waals surface area contributed by atoms with Crippen LogP contribution in [-0.2, 0) is 13.0 Å². The van der Waals surface area contributed by atoms with Gasteiger partial charge in [-0.2, -0.15) is 0 Å². The maximum atomic E-state index is 10.8. The number of rotatable bonds is 3. The molecule has 2 unspecified atom stereocenters. The zero-order chi connectivity index (χ0) is 20.1. The summed E-state index contributed by atoms with van der Waals surface area (Å²) in [5.74, 6) is 0.722. The molecule has 1 fully saturated rings. The number of nitrogens with zero attached hydrogens (tertiary/aromatic N) is 2. The second-order valence-corrected chi connectivity index (χ2v) is 8.37. The Kier molecular flexibility index (Phi) is 4.75. The Hall–Kier alpha value is -2.12. The van der Waals surface area contributed by atoms with Crippen LogP contribution in [-0.4, -0.2) is 44.6 Å². The van der Waals surface area contributed by atoms with Crippen molar-refractivity contribution in [2.24, 2.45) is 0 Å². The number of hydrogen-bond donors (Lipinski definition) is 3. The maximum absolute atomic E-state index is 10.8. The molecule has 4 atom stereocenters. The van der Waals surface area contributed by atoms with Gasteiger partial charge in [-0.05, 0) is 55.3 Å². The molecule has 3 heterocycles. The van der Waals surface area contributed by atoms with Gasteiger partial charge in [-0.15, -0.1) is 0 Å². The van der Waals surface area contributed by atoms with Crippen LogP contribution in [0.3, 0.4) is 0 Å². The van der Waals surface area contributed by atoms with Gasteiger partial charge in [0.2, 0.25) is 0 Å². The Balaban J connectivity index is 1.44. The molecule has 29 heavy (non-hydrogen) atoms. The van der Waals surface area contributed by atoms with Gasteiger partial charge in [0.05, 0.1) is 6.04 Å². The van der Waals surface area contributed by atoms with Gasteiger partial charge < -0.3 is 24.8 Å². The summed E-state index contributed by atoms with van der Waals surface area (Å²) in [6.45, 7) is 3.61. The number of halogens is 1. The van der Waals surface area contributed by atoms with Crippen LogP contribution in [0, 0.1) is 6.92 Å². The van der Waals surface area contributed by atoms with Crippen LogP contribution < -0.4 is 10.1 Å². The lowest BCUT2D eigenvalue weighted by Gasteiger charge is -2.25. The number of fused-ring (bicyclic) bond motifs is 2. The number of pyridine rings is 1. The van der Waals surface area contributed by atoms with E-state index in [1.807, 2.05) is 42.0 Å². The fraction of sp³-hybridized carbons (Fsp3) is 0.409. The van der Waals surface area contributed by atoms with Gasteiger partial charge in [-0.3, -0.25) is 0 Å². The van der Waals surface area contributed by atoms with Crippen LogP contribution in [0.15, 0.2) is 36.7 Å². The summed E-state index contributed by atoms with van der Waals surface area (Å²) >= 11 is 6.36. The first-order valence-corrected chi connectivity index (χ1v) is 10.4. The smallest absolute Gasteiger partial charge is 0.140 e. The monoisotopic (exact) mass is 413 g/mol. The number of nitrogens with one attached hydrogen (secondary N) is 1. The van der Waals surface area contributed by atoms with E-state index in [1.165, 1.54) is 0 Å². The highest BCUT2D eigenvalue weighted by atomic mass is 35.5. The van der Waals surface area contributed by atoms with Crippen LogP contribution in [0.25, 0.3) is 11.0 Å². The molecule has 1 aliphatic heterocycles. The van der Waals surface area contributed by atoms with Gasteiger partial charge in [0, 0.05) is 41.3 Å². The largest absolute Gasteiger partial charge is 0.487 e. The molecule has 0 spiro atoms. The zero-order valence-electron chi connectivity index (χ0n) is 16.2. The van der Waals surface area contributed by atoms with E-state index in [2.05, 4.69) is 10.3 Å². The van der Waals surface area contributed by atoms with E-state index in [4.69, 9.17) is 16.3 Å². The molecular formula is C22H24ClN3O3. The van der Waals surface area contributed by atoms with Crippen molar-refractivity contribution in [3.63, 3.8) is 0 Å². The van der Waals surface area contributed by atoms with E-state index in [9.17, 15) is 10.2 Å². The fourth-order valence-corrected chi connectivity index (χ4v) is 4.90. The topological polar surface area (TPSA) is 79.5 Å². The van der Waals surface area contributed by atoms with Crippen molar-refractivity contribution in [1.29, 1.82) is 0 Å². The highest BCUT2D eigenvalue weighted by Crippen LogP contribution is 2.38. The Morgan fingerprint density at radius 1 is 1.17 bits per heavy atom. The van der Waals surface area contributed by atoms with Crippen LogP contribution in [0.2, 0.25) is 5.02 Å². The lowest BCUT2D eigenvalue weighted by atomic mass is 10.00.